The molecule has 0 unspecified atom stereocenters. The lowest BCUT2D eigenvalue weighted by Gasteiger charge is -2.33. The summed E-state index contributed by atoms with van der Waals surface area (Å²) in [5.41, 5.74) is 3.29. The summed E-state index contributed by atoms with van der Waals surface area (Å²) in [6, 6.07) is 23.2. The first-order valence-electron chi connectivity index (χ1n) is 11.9. The van der Waals surface area contributed by atoms with Crippen LogP contribution in [0.2, 0.25) is 0 Å². The zero-order valence-electron chi connectivity index (χ0n) is 20.5. The van der Waals surface area contributed by atoms with E-state index in [0.717, 1.165) is 23.4 Å². The van der Waals surface area contributed by atoms with Crippen molar-refractivity contribution in [3.63, 3.8) is 0 Å². The summed E-state index contributed by atoms with van der Waals surface area (Å²) >= 11 is 0. The number of methoxy groups -OCH3 is 2. The first-order valence-corrected chi connectivity index (χ1v) is 13.4. The molecule has 188 valence electrons. The van der Waals surface area contributed by atoms with Gasteiger partial charge in [0.05, 0.1) is 36.7 Å². The van der Waals surface area contributed by atoms with Gasteiger partial charge in [-0.15, -0.1) is 0 Å². The van der Waals surface area contributed by atoms with Gasteiger partial charge < -0.3 is 14.0 Å². The molecule has 0 N–H and O–H groups in total. The van der Waals surface area contributed by atoms with Crippen LogP contribution in [-0.4, -0.2) is 67.6 Å². The predicted octanol–water partition coefficient (Wildman–Crippen LogP) is 3.61. The van der Waals surface area contributed by atoms with Gasteiger partial charge in [0.25, 0.3) is 0 Å². The van der Waals surface area contributed by atoms with Crippen molar-refractivity contribution in [3.05, 3.63) is 84.2 Å². The maximum atomic E-state index is 13.3. The largest absolute Gasteiger partial charge is 0.493 e. The van der Waals surface area contributed by atoms with Crippen LogP contribution in [0.3, 0.4) is 0 Å². The maximum Gasteiger partial charge on any atom is 0.243 e. The van der Waals surface area contributed by atoms with Gasteiger partial charge in [-0.2, -0.15) is 4.31 Å². The molecule has 0 radical (unpaired) electrons. The third-order valence-electron chi connectivity index (χ3n) is 6.61. The quantitative estimate of drug-likeness (QED) is 0.363. The fourth-order valence-electron chi connectivity index (χ4n) is 4.64. The average Bonchev–Trinajstić information content (AvgIpc) is 3.25. The fraction of sp³-hybridized carbons (Fsp3) is 0.296. The summed E-state index contributed by atoms with van der Waals surface area (Å²) in [4.78, 5) is 7.39. The van der Waals surface area contributed by atoms with E-state index in [1.54, 1.807) is 12.1 Å². The van der Waals surface area contributed by atoms with Gasteiger partial charge in [-0.1, -0.05) is 42.5 Å². The Hall–Kier alpha value is -3.40. The van der Waals surface area contributed by atoms with E-state index in [4.69, 9.17) is 14.5 Å². The lowest BCUT2D eigenvalue weighted by Crippen LogP contribution is -2.48. The molecule has 4 aromatic rings. The Morgan fingerprint density at radius 3 is 2.22 bits per heavy atom. The molecular weight excluding hydrogens is 476 g/mol. The van der Waals surface area contributed by atoms with Gasteiger partial charge in [-0.25, -0.2) is 13.4 Å². The molecule has 1 aromatic heterocycles. The van der Waals surface area contributed by atoms with E-state index in [1.165, 1.54) is 30.2 Å². The smallest absolute Gasteiger partial charge is 0.243 e. The van der Waals surface area contributed by atoms with Crippen molar-refractivity contribution in [2.45, 2.75) is 18.0 Å². The number of imidazole rings is 1. The highest BCUT2D eigenvalue weighted by molar-refractivity contribution is 7.89. The molecule has 9 heteroatoms. The van der Waals surface area contributed by atoms with Gasteiger partial charge in [0.15, 0.2) is 11.5 Å². The second-order valence-electron chi connectivity index (χ2n) is 8.79. The van der Waals surface area contributed by atoms with Gasteiger partial charge in [0, 0.05) is 38.8 Å². The Balaban J connectivity index is 1.31. The van der Waals surface area contributed by atoms with E-state index >= 15 is 0 Å². The zero-order chi connectivity index (χ0) is 25.1. The molecule has 5 rings (SSSR count). The van der Waals surface area contributed by atoms with E-state index in [9.17, 15) is 8.42 Å². The van der Waals surface area contributed by atoms with Crippen LogP contribution in [0.5, 0.6) is 11.5 Å². The molecule has 0 saturated carbocycles. The number of hydrogen-bond acceptors (Lipinski definition) is 6. The minimum atomic E-state index is -3.63. The lowest BCUT2D eigenvalue weighted by molar-refractivity contribution is 0.176. The van der Waals surface area contributed by atoms with Crippen LogP contribution < -0.4 is 9.47 Å². The Bertz CT molecular complexity index is 1450. The third kappa shape index (κ3) is 4.82. The summed E-state index contributed by atoms with van der Waals surface area (Å²) in [6.07, 6.45) is 0. The molecule has 0 spiro atoms. The first-order chi connectivity index (χ1) is 17.5. The molecule has 3 aromatic carbocycles. The summed E-state index contributed by atoms with van der Waals surface area (Å²) in [7, 11) is -0.610. The van der Waals surface area contributed by atoms with E-state index < -0.39 is 10.0 Å². The number of rotatable bonds is 8. The van der Waals surface area contributed by atoms with E-state index in [-0.39, 0.29) is 4.90 Å². The van der Waals surface area contributed by atoms with E-state index in [2.05, 4.69) is 27.7 Å². The molecule has 1 saturated heterocycles. The van der Waals surface area contributed by atoms with Crippen LogP contribution in [0.1, 0.15) is 11.4 Å². The topological polar surface area (TPSA) is 76.9 Å². The Labute approximate surface area is 211 Å². The Morgan fingerprint density at radius 2 is 1.50 bits per heavy atom. The molecule has 2 heterocycles. The minimum Gasteiger partial charge on any atom is -0.493 e. The van der Waals surface area contributed by atoms with Crippen LogP contribution in [0.25, 0.3) is 11.0 Å². The predicted molar refractivity (Wildman–Crippen MR) is 139 cm³/mol. The summed E-state index contributed by atoms with van der Waals surface area (Å²) in [5.74, 6) is 1.88. The standard InChI is InChI=1S/C27H30N4O4S/c1-34-25-13-12-22(18-26(25)35-2)36(32,33)30-16-14-29(15-17-30)20-27-28-23-10-6-7-11-24(23)31(27)19-21-8-4-3-5-9-21/h3-13,18H,14-17,19-20H2,1-2H3. The normalized spacial score (nSPS) is 15.3. The Kier molecular flexibility index (Phi) is 6.95. The molecule has 0 atom stereocenters. The molecule has 36 heavy (non-hydrogen) atoms. The molecule has 0 aliphatic carbocycles. The highest BCUT2D eigenvalue weighted by Gasteiger charge is 2.30. The van der Waals surface area contributed by atoms with Crippen LogP contribution in [0.15, 0.2) is 77.7 Å². The SMILES string of the molecule is COc1ccc(S(=O)(=O)N2CCN(Cc3nc4ccccc4n3Cc3ccccc3)CC2)cc1OC. The number of para-hydroxylation sites is 2. The maximum absolute atomic E-state index is 13.3. The Morgan fingerprint density at radius 1 is 0.806 bits per heavy atom. The number of benzene rings is 3. The van der Waals surface area contributed by atoms with Gasteiger partial charge in [0.1, 0.15) is 5.82 Å². The van der Waals surface area contributed by atoms with Gasteiger partial charge in [-0.05, 0) is 29.8 Å². The van der Waals surface area contributed by atoms with Crippen LogP contribution >= 0.6 is 0 Å². The molecule has 1 aliphatic heterocycles. The van der Waals surface area contributed by atoms with Gasteiger partial charge in [0.2, 0.25) is 10.0 Å². The second-order valence-corrected chi connectivity index (χ2v) is 10.7. The number of hydrogen-bond donors (Lipinski definition) is 0. The van der Waals surface area contributed by atoms with E-state index in [0.29, 0.717) is 44.2 Å². The van der Waals surface area contributed by atoms with Gasteiger partial charge >= 0.3 is 0 Å². The molecular formula is C27H30N4O4S. The number of aromatic nitrogens is 2. The van der Waals surface area contributed by atoms with Gasteiger partial charge in [-0.3, -0.25) is 4.90 Å². The summed E-state index contributed by atoms with van der Waals surface area (Å²) < 4.78 is 40.9. The highest BCUT2D eigenvalue weighted by atomic mass is 32.2. The average molecular weight is 507 g/mol. The van der Waals surface area contributed by atoms with Crippen molar-refractivity contribution in [2.24, 2.45) is 0 Å². The van der Waals surface area contributed by atoms with Crippen molar-refractivity contribution in [2.75, 3.05) is 40.4 Å². The monoisotopic (exact) mass is 506 g/mol. The fourth-order valence-corrected chi connectivity index (χ4v) is 6.08. The third-order valence-corrected chi connectivity index (χ3v) is 8.50. The van der Waals surface area contributed by atoms with Crippen molar-refractivity contribution >= 4 is 21.1 Å². The number of nitrogens with zero attached hydrogens (tertiary/aromatic N) is 4. The molecule has 0 amide bonds. The number of piperazine rings is 1. The summed E-state index contributed by atoms with van der Waals surface area (Å²) in [6.45, 7) is 3.48. The first kappa shape index (κ1) is 24.3. The van der Waals surface area contributed by atoms with E-state index in [1.807, 2.05) is 36.4 Å². The second kappa shape index (κ2) is 10.3. The van der Waals surface area contributed by atoms with Crippen LogP contribution in [-0.2, 0) is 23.1 Å². The summed E-state index contributed by atoms with van der Waals surface area (Å²) in [5, 5.41) is 0. The zero-order valence-corrected chi connectivity index (χ0v) is 21.3. The number of ether oxygens (including phenoxy) is 2. The van der Waals surface area contributed by atoms with Crippen molar-refractivity contribution in [3.8, 4) is 11.5 Å². The van der Waals surface area contributed by atoms with Crippen LogP contribution in [0, 0.1) is 0 Å². The minimum absolute atomic E-state index is 0.207. The van der Waals surface area contributed by atoms with Crippen molar-refractivity contribution in [1.29, 1.82) is 0 Å². The van der Waals surface area contributed by atoms with Crippen LogP contribution in [0.4, 0.5) is 0 Å². The molecule has 1 aliphatic rings. The highest BCUT2D eigenvalue weighted by Crippen LogP contribution is 2.31. The number of sulfonamides is 1. The van der Waals surface area contributed by atoms with Crippen molar-refractivity contribution in [1.82, 2.24) is 18.8 Å². The molecule has 1 fully saturated rings. The molecule has 0 bridgehead atoms. The van der Waals surface area contributed by atoms with Crippen molar-refractivity contribution < 1.29 is 17.9 Å². The number of fused-ring (bicyclic) bond motifs is 1. The molecule has 8 nitrogen and oxygen atoms in total. The lowest BCUT2D eigenvalue weighted by atomic mass is 10.2.